The van der Waals surface area contributed by atoms with Gasteiger partial charge in [0.15, 0.2) is 0 Å². The number of nitrogens with zero attached hydrogens (tertiary/aromatic N) is 1. The molecule has 0 radical (unpaired) electrons. The van der Waals surface area contributed by atoms with Crippen LogP contribution < -0.4 is 10.9 Å². The van der Waals surface area contributed by atoms with Crippen molar-refractivity contribution >= 4 is 0 Å². The molecule has 1 aromatic heterocycles. The van der Waals surface area contributed by atoms with Crippen molar-refractivity contribution in [3.8, 4) is 0 Å². The average molecular weight is 274 g/mol. The van der Waals surface area contributed by atoms with Crippen molar-refractivity contribution in [1.29, 1.82) is 0 Å². The number of pyridine rings is 1. The maximum atomic E-state index is 12.7. The number of hydrogen-bond acceptors (Lipinski definition) is 2. The van der Waals surface area contributed by atoms with Gasteiger partial charge in [0.1, 0.15) is 0 Å². The molecule has 0 unspecified atom stereocenters. The summed E-state index contributed by atoms with van der Waals surface area (Å²) in [6.07, 6.45) is 7.52. The second kappa shape index (κ2) is 5.72. The quantitative estimate of drug-likeness (QED) is 0.893. The summed E-state index contributed by atoms with van der Waals surface area (Å²) in [5.74, 6) is 0.417. The van der Waals surface area contributed by atoms with Gasteiger partial charge in [-0.2, -0.15) is 0 Å². The van der Waals surface area contributed by atoms with E-state index in [0.717, 1.165) is 12.1 Å². The van der Waals surface area contributed by atoms with Crippen LogP contribution in [-0.2, 0) is 6.54 Å². The van der Waals surface area contributed by atoms with Gasteiger partial charge >= 0.3 is 0 Å². The summed E-state index contributed by atoms with van der Waals surface area (Å²) >= 11 is 0. The van der Waals surface area contributed by atoms with E-state index >= 15 is 0 Å². The topological polar surface area (TPSA) is 34.0 Å². The highest BCUT2D eigenvalue weighted by Gasteiger charge is 2.28. The molecule has 0 spiro atoms. The Balaban J connectivity index is 1.80. The first-order valence-electron chi connectivity index (χ1n) is 8.14. The Bertz CT molecular complexity index is 522. The number of aromatic nitrogens is 1. The fourth-order valence-corrected chi connectivity index (χ4v) is 3.31. The Morgan fingerprint density at radius 2 is 1.90 bits per heavy atom. The molecule has 110 valence electrons. The van der Waals surface area contributed by atoms with Crippen LogP contribution in [0.25, 0.3) is 0 Å². The SMILES string of the molecule is CC(C)c1ccc(CNC2CCCC2)c(=O)n1C1CC1. The van der Waals surface area contributed by atoms with Crippen LogP contribution in [0.3, 0.4) is 0 Å². The van der Waals surface area contributed by atoms with E-state index in [9.17, 15) is 4.79 Å². The summed E-state index contributed by atoms with van der Waals surface area (Å²) in [6.45, 7) is 5.07. The largest absolute Gasteiger partial charge is 0.310 e. The van der Waals surface area contributed by atoms with Gasteiger partial charge in [0.2, 0.25) is 0 Å². The van der Waals surface area contributed by atoms with Gasteiger partial charge in [-0.3, -0.25) is 4.79 Å². The minimum Gasteiger partial charge on any atom is -0.310 e. The van der Waals surface area contributed by atoms with E-state index in [4.69, 9.17) is 0 Å². The summed E-state index contributed by atoms with van der Waals surface area (Å²) in [6, 6.07) is 5.29. The minimum atomic E-state index is 0.240. The lowest BCUT2D eigenvalue weighted by molar-refractivity contribution is 0.517. The van der Waals surface area contributed by atoms with Crippen LogP contribution in [0.4, 0.5) is 0 Å². The van der Waals surface area contributed by atoms with Crippen molar-refractivity contribution in [2.45, 2.75) is 76.9 Å². The molecule has 0 atom stereocenters. The van der Waals surface area contributed by atoms with Gasteiger partial charge in [-0.1, -0.05) is 32.8 Å². The maximum Gasteiger partial charge on any atom is 0.255 e. The minimum absolute atomic E-state index is 0.240. The third-order valence-electron chi connectivity index (χ3n) is 4.67. The lowest BCUT2D eigenvalue weighted by Crippen LogP contribution is -2.32. The second-order valence-electron chi connectivity index (χ2n) is 6.71. The summed E-state index contributed by atoms with van der Waals surface area (Å²) in [5, 5.41) is 3.56. The summed E-state index contributed by atoms with van der Waals surface area (Å²) in [5.41, 5.74) is 2.37. The van der Waals surface area contributed by atoms with E-state index in [0.29, 0.717) is 18.0 Å². The van der Waals surface area contributed by atoms with Crippen LogP contribution in [0.5, 0.6) is 0 Å². The highest BCUT2D eigenvalue weighted by Crippen LogP contribution is 2.36. The molecular weight excluding hydrogens is 248 g/mol. The van der Waals surface area contributed by atoms with Gasteiger partial charge in [0.05, 0.1) is 0 Å². The zero-order chi connectivity index (χ0) is 14.1. The Morgan fingerprint density at radius 3 is 2.50 bits per heavy atom. The fourth-order valence-electron chi connectivity index (χ4n) is 3.31. The molecule has 0 bridgehead atoms. The van der Waals surface area contributed by atoms with E-state index in [1.54, 1.807) is 0 Å². The molecular formula is C17H26N2O. The molecule has 2 aliphatic rings. The van der Waals surface area contributed by atoms with Gasteiger partial charge < -0.3 is 9.88 Å². The van der Waals surface area contributed by atoms with Gasteiger partial charge in [0.25, 0.3) is 5.56 Å². The molecule has 20 heavy (non-hydrogen) atoms. The Morgan fingerprint density at radius 1 is 1.20 bits per heavy atom. The van der Waals surface area contributed by atoms with E-state index in [1.807, 2.05) is 6.07 Å². The lowest BCUT2D eigenvalue weighted by atomic mass is 10.1. The van der Waals surface area contributed by atoms with Crippen LogP contribution >= 0.6 is 0 Å². The van der Waals surface area contributed by atoms with Crippen LogP contribution in [0.1, 0.15) is 75.6 Å². The van der Waals surface area contributed by atoms with E-state index < -0.39 is 0 Å². The molecule has 1 N–H and O–H groups in total. The first-order valence-corrected chi connectivity index (χ1v) is 8.14. The van der Waals surface area contributed by atoms with Crippen LogP contribution in [0.15, 0.2) is 16.9 Å². The maximum absolute atomic E-state index is 12.7. The highest BCUT2D eigenvalue weighted by atomic mass is 16.1. The molecule has 0 amide bonds. The van der Waals surface area contributed by atoms with E-state index in [1.165, 1.54) is 44.2 Å². The number of rotatable bonds is 5. The molecule has 0 aromatic carbocycles. The second-order valence-corrected chi connectivity index (χ2v) is 6.71. The molecule has 2 aliphatic carbocycles. The molecule has 0 aliphatic heterocycles. The van der Waals surface area contributed by atoms with Crippen molar-refractivity contribution in [2.24, 2.45) is 0 Å². The first kappa shape index (κ1) is 13.9. The normalized spacial score (nSPS) is 19.9. The lowest BCUT2D eigenvalue weighted by Gasteiger charge is -2.18. The number of hydrogen-bond donors (Lipinski definition) is 1. The summed E-state index contributed by atoms with van der Waals surface area (Å²) in [7, 11) is 0. The first-order chi connectivity index (χ1) is 9.66. The van der Waals surface area contributed by atoms with Crippen molar-refractivity contribution in [3.63, 3.8) is 0 Å². The van der Waals surface area contributed by atoms with Gasteiger partial charge in [-0.25, -0.2) is 0 Å². The predicted octanol–water partition coefficient (Wildman–Crippen LogP) is 3.34. The van der Waals surface area contributed by atoms with E-state index in [2.05, 4.69) is 29.8 Å². The standard InChI is InChI=1S/C17H26N2O/c1-12(2)16-10-7-13(11-18-14-5-3-4-6-14)17(20)19(16)15-8-9-15/h7,10,12,14-15,18H,3-6,8-9,11H2,1-2H3. The van der Waals surface area contributed by atoms with Crippen molar-refractivity contribution in [3.05, 3.63) is 33.7 Å². The smallest absolute Gasteiger partial charge is 0.255 e. The van der Waals surface area contributed by atoms with Crippen LogP contribution in [0, 0.1) is 0 Å². The zero-order valence-electron chi connectivity index (χ0n) is 12.7. The van der Waals surface area contributed by atoms with Crippen LogP contribution in [-0.4, -0.2) is 10.6 Å². The molecule has 1 heterocycles. The molecule has 3 nitrogen and oxygen atoms in total. The number of nitrogens with one attached hydrogen (secondary N) is 1. The summed E-state index contributed by atoms with van der Waals surface area (Å²) < 4.78 is 2.07. The van der Waals surface area contributed by atoms with Gasteiger partial charge in [-0.05, 0) is 37.7 Å². The monoisotopic (exact) mass is 274 g/mol. The molecule has 2 fully saturated rings. The molecule has 1 aromatic rings. The van der Waals surface area contributed by atoms with Crippen LogP contribution in [0.2, 0.25) is 0 Å². The highest BCUT2D eigenvalue weighted by molar-refractivity contribution is 5.20. The fraction of sp³-hybridized carbons (Fsp3) is 0.706. The van der Waals surface area contributed by atoms with E-state index in [-0.39, 0.29) is 5.56 Å². The van der Waals surface area contributed by atoms with Crippen molar-refractivity contribution in [2.75, 3.05) is 0 Å². The predicted molar refractivity (Wildman–Crippen MR) is 82.2 cm³/mol. The summed E-state index contributed by atoms with van der Waals surface area (Å²) in [4.78, 5) is 12.7. The third-order valence-corrected chi connectivity index (χ3v) is 4.67. The van der Waals surface area contributed by atoms with Gasteiger partial charge in [0, 0.05) is 29.9 Å². The Labute approximate surface area is 121 Å². The molecule has 3 rings (SSSR count). The van der Waals surface area contributed by atoms with Crippen molar-refractivity contribution < 1.29 is 0 Å². The molecule has 3 heteroatoms. The average Bonchev–Trinajstić information content (AvgIpc) is 3.12. The van der Waals surface area contributed by atoms with Gasteiger partial charge in [-0.15, -0.1) is 0 Å². The third kappa shape index (κ3) is 2.83. The zero-order valence-corrected chi connectivity index (χ0v) is 12.7. The Kier molecular flexibility index (Phi) is 3.97. The molecule has 2 saturated carbocycles. The molecule has 0 saturated heterocycles. The van der Waals surface area contributed by atoms with Crippen molar-refractivity contribution in [1.82, 2.24) is 9.88 Å². The Hall–Kier alpha value is -1.09.